The van der Waals surface area contributed by atoms with Crippen LogP contribution in [-0.4, -0.2) is 28.7 Å². The Kier molecular flexibility index (Phi) is 3.85. The molecule has 1 heterocycles. The zero-order valence-corrected chi connectivity index (χ0v) is 9.45. The molecule has 0 amide bonds. The lowest BCUT2D eigenvalue weighted by Crippen LogP contribution is -2.33. The van der Waals surface area contributed by atoms with Crippen molar-refractivity contribution in [2.75, 3.05) is 24.2 Å². The molecule has 3 N–H and O–H groups in total. The normalized spacial score (nSPS) is 11.4. The highest BCUT2D eigenvalue weighted by atomic mass is 16.5. The van der Waals surface area contributed by atoms with Gasteiger partial charge in [0.1, 0.15) is 11.6 Å². The third kappa shape index (κ3) is 4.12. The van der Waals surface area contributed by atoms with Crippen molar-refractivity contribution < 1.29 is 4.74 Å². The van der Waals surface area contributed by atoms with Gasteiger partial charge in [-0.2, -0.15) is 0 Å². The summed E-state index contributed by atoms with van der Waals surface area (Å²) in [5.74, 6) is 1.13. The molecule has 1 aromatic heterocycles. The van der Waals surface area contributed by atoms with Crippen LogP contribution >= 0.6 is 0 Å². The summed E-state index contributed by atoms with van der Waals surface area (Å²) in [4.78, 5) is 8.03. The first-order valence-corrected chi connectivity index (χ1v) is 4.99. The summed E-state index contributed by atoms with van der Waals surface area (Å²) >= 11 is 0. The maximum Gasteiger partial charge on any atom is 0.144 e. The van der Waals surface area contributed by atoms with E-state index in [4.69, 9.17) is 10.5 Å². The molecule has 0 aliphatic carbocycles. The zero-order valence-electron chi connectivity index (χ0n) is 9.45. The zero-order chi connectivity index (χ0) is 11.3. The van der Waals surface area contributed by atoms with Crippen LogP contribution in [0.4, 0.5) is 11.6 Å². The van der Waals surface area contributed by atoms with Gasteiger partial charge in [0, 0.05) is 13.2 Å². The molecule has 0 fully saturated rings. The van der Waals surface area contributed by atoms with Crippen LogP contribution in [0.2, 0.25) is 0 Å². The minimum atomic E-state index is -0.210. The molecule has 15 heavy (non-hydrogen) atoms. The molecule has 0 aromatic carbocycles. The Labute approximate surface area is 90.1 Å². The quantitative estimate of drug-likeness (QED) is 0.766. The van der Waals surface area contributed by atoms with Gasteiger partial charge in [-0.3, -0.25) is 0 Å². The Bertz CT molecular complexity index is 297. The van der Waals surface area contributed by atoms with E-state index in [-0.39, 0.29) is 5.60 Å². The number of nitrogens with two attached hydrogens (primary N) is 1. The molecule has 0 aliphatic heterocycles. The van der Waals surface area contributed by atoms with Crippen molar-refractivity contribution in [1.29, 1.82) is 0 Å². The van der Waals surface area contributed by atoms with E-state index in [0.29, 0.717) is 24.8 Å². The number of rotatable bonds is 5. The average molecular weight is 210 g/mol. The first-order valence-electron chi connectivity index (χ1n) is 4.99. The molecule has 1 rings (SSSR count). The highest BCUT2D eigenvalue weighted by Gasteiger charge is 2.17. The lowest BCUT2D eigenvalue weighted by atomic mass is 10.1. The largest absolute Gasteiger partial charge is 0.382 e. The van der Waals surface area contributed by atoms with Crippen LogP contribution in [0, 0.1) is 0 Å². The summed E-state index contributed by atoms with van der Waals surface area (Å²) in [6.45, 7) is 7.40. The third-order valence-electron chi connectivity index (χ3n) is 1.90. The number of nitrogen functional groups attached to an aromatic ring is 1. The smallest absolute Gasteiger partial charge is 0.144 e. The van der Waals surface area contributed by atoms with Crippen LogP contribution < -0.4 is 11.1 Å². The van der Waals surface area contributed by atoms with E-state index in [1.165, 1.54) is 6.20 Å². The van der Waals surface area contributed by atoms with Gasteiger partial charge in [0.05, 0.1) is 18.0 Å². The molecule has 0 spiro atoms. The third-order valence-corrected chi connectivity index (χ3v) is 1.90. The molecule has 0 saturated carbocycles. The van der Waals surface area contributed by atoms with Crippen molar-refractivity contribution in [2.24, 2.45) is 0 Å². The van der Waals surface area contributed by atoms with E-state index in [0.717, 1.165) is 0 Å². The molecule has 0 radical (unpaired) electrons. The Morgan fingerprint density at radius 2 is 2.13 bits per heavy atom. The maximum atomic E-state index is 5.54. The molecular formula is C10H18N4O. The molecule has 0 unspecified atom stereocenters. The van der Waals surface area contributed by atoms with E-state index in [2.05, 4.69) is 15.3 Å². The van der Waals surface area contributed by atoms with E-state index in [1.54, 1.807) is 6.20 Å². The van der Waals surface area contributed by atoms with Crippen LogP contribution in [0.1, 0.15) is 20.8 Å². The lowest BCUT2D eigenvalue weighted by Gasteiger charge is -2.24. The van der Waals surface area contributed by atoms with Crippen LogP contribution in [-0.2, 0) is 4.74 Å². The predicted molar refractivity (Wildman–Crippen MR) is 60.6 cm³/mol. The number of hydrogen-bond acceptors (Lipinski definition) is 5. The minimum Gasteiger partial charge on any atom is -0.382 e. The molecular weight excluding hydrogens is 192 g/mol. The Morgan fingerprint density at radius 3 is 2.67 bits per heavy atom. The van der Waals surface area contributed by atoms with Gasteiger partial charge in [-0.25, -0.2) is 9.97 Å². The number of anilines is 2. The Morgan fingerprint density at radius 1 is 1.40 bits per heavy atom. The highest BCUT2D eigenvalue weighted by molar-refractivity contribution is 5.36. The van der Waals surface area contributed by atoms with E-state index >= 15 is 0 Å². The van der Waals surface area contributed by atoms with Gasteiger partial charge in [-0.1, -0.05) is 0 Å². The fraction of sp³-hybridized carbons (Fsp3) is 0.600. The fourth-order valence-electron chi connectivity index (χ4n) is 1.17. The lowest BCUT2D eigenvalue weighted by molar-refractivity contribution is 0.000640. The average Bonchev–Trinajstić information content (AvgIpc) is 2.17. The Balaban J connectivity index is 2.46. The summed E-state index contributed by atoms with van der Waals surface area (Å²) in [6.07, 6.45) is 3.13. The topological polar surface area (TPSA) is 73.1 Å². The summed E-state index contributed by atoms with van der Waals surface area (Å²) in [6, 6.07) is 0. The van der Waals surface area contributed by atoms with Crippen molar-refractivity contribution in [3.05, 3.63) is 12.4 Å². The molecule has 1 aromatic rings. The number of aromatic nitrogens is 2. The van der Waals surface area contributed by atoms with E-state index in [1.807, 2.05) is 20.8 Å². The van der Waals surface area contributed by atoms with Gasteiger partial charge in [0.15, 0.2) is 0 Å². The van der Waals surface area contributed by atoms with Gasteiger partial charge in [0.25, 0.3) is 0 Å². The van der Waals surface area contributed by atoms with Crippen molar-refractivity contribution >= 4 is 11.6 Å². The summed E-state index contributed by atoms with van der Waals surface area (Å²) in [5, 5.41) is 3.14. The van der Waals surface area contributed by atoms with Gasteiger partial charge in [0.2, 0.25) is 0 Å². The van der Waals surface area contributed by atoms with Gasteiger partial charge < -0.3 is 15.8 Å². The minimum absolute atomic E-state index is 0.210. The number of ether oxygens (including phenoxy) is 1. The van der Waals surface area contributed by atoms with Crippen molar-refractivity contribution in [3.63, 3.8) is 0 Å². The highest BCUT2D eigenvalue weighted by Crippen LogP contribution is 2.10. The van der Waals surface area contributed by atoms with Gasteiger partial charge >= 0.3 is 0 Å². The molecule has 5 heteroatoms. The summed E-state index contributed by atoms with van der Waals surface area (Å²) in [7, 11) is 0. The number of hydrogen-bond donors (Lipinski definition) is 2. The number of nitrogens with one attached hydrogen (secondary N) is 1. The van der Waals surface area contributed by atoms with Crippen LogP contribution in [0.15, 0.2) is 12.4 Å². The van der Waals surface area contributed by atoms with E-state index in [9.17, 15) is 0 Å². The predicted octanol–water partition coefficient (Wildman–Crippen LogP) is 1.29. The first kappa shape index (κ1) is 11.7. The van der Waals surface area contributed by atoms with Gasteiger partial charge in [-0.15, -0.1) is 0 Å². The van der Waals surface area contributed by atoms with Gasteiger partial charge in [-0.05, 0) is 20.8 Å². The van der Waals surface area contributed by atoms with E-state index < -0.39 is 0 Å². The fourth-order valence-corrected chi connectivity index (χ4v) is 1.17. The molecule has 0 atom stereocenters. The molecule has 84 valence electrons. The maximum absolute atomic E-state index is 5.54. The molecule has 0 bridgehead atoms. The van der Waals surface area contributed by atoms with Crippen LogP contribution in [0.5, 0.6) is 0 Å². The second-order valence-electron chi connectivity index (χ2n) is 3.87. The first-order chi connectivity index (χ1) is 7.03. The summed E-state index contributed by atoms with van der Waals surface area (Å²) in [5.41, 5.74) is 5.22. The molecule has 0 aliphatic rings. The SMILES string of the molecule is CCOC(C)(C)CNc1cnc(N)cn1. The molecule has 0 saturated heterocycles. The molecule has 5 nitrogen and oxygen atoms in total. The van der Waals surface area contributed by atoms with Crippen molar-refractivity contribution in [3.8, 4) is 0 Å². The van der Waals surface area contributed by atoms with Crippen LogP contribution in [0.3, 0.4) is 0 Å². The summed E-state index contributed by atoms with van der Waals surface area (Å²) < 4.78 is 5.54. The number of nitrogens with zero attached hydrogens (tertiary/aromatic N) is 2. The van der Waals surface area contributed by atoms with Crippen molar-refractivity contribution in [1.82, 2.24) is 9.97 Å². The van der Waals surface area contributed by atoms with Crippen molar-refractivity contribution in [2.45, 2.75) is 26.4 Å². The van der Waals surface area contributed by atoms with Crippen LogP contribution in [0.25, 0.3) is 0 Å². The second-order valence-corrected chi connectivity index (χ2v) is 3.87. The standard InChI is InChI=1S/C10H18N4O/c1-4-15-10(2,3)7-14-9-6-12-8(11)5-13-9/h5-6H,4,7H2,1-3H3,(H2,11,12)(H,13,14). The second kappa shape index (κ2) is 4.93. The monoisotopic (exact) mass is 210 g/mol. The Hall–Kier alpha value is -1.36.